The zero-order valence-corrected chi connectivity index (χ0v) is 16.6. The minimum absolute atomic E-state index is 0.124. The van der Waals surface area contributed by atoms with Crippen LogP contribution in [-0.4, -0.2) is 62.5 Å². The molecule has 28 heavy (non-hydrogen) atoms. The van der Waals surface area contributed by atoms with Gasteiger partial charge in [-0.3, -0.25) is 14.4 Å². The molecule has 8 heteroatoms. The molecule has 0 aliphatic rings. The molecule has 0 radical (unpaired) electrons. The maximum absolute atomic E-state index is 13.0. The first-order valence-electron chi connectivity index (χ1n) is 9.45. The Morgan fingerprint density at radius 2 is 1.96 bits per heavy atom. The van der Waals surface area contributed by atoms with Crippen LogP contribution < -0.4 is 16.4 Å². The van der Waals surface area contributed by atoms with Gasteiger partial charge in [-0.1, -0.05) is 18.6 Å². The average Bonchev–Trinajstić information content (AvgIpc) is 2.72. The minimum atomic E-state index is -0.762. The molecule has 8 nitrogen and oxygen atoms in total. The second kappa shape index (κ2) is 12.6. The highest BCUT2D eigenvalue weighted by Gasteiger charge is 2.25. The van der Waals surface area contributed by atoms with Gasteiger partial charge in [-0.2, -0.15) is 0 Å². The van der Waals surface area contributed by atoms with Crippen LogP contribution in [0.4, 0.5) is 5.69 Å². The summed E-state index contributed by atoms with van der Waals surface area (Å²) < 4.78 is 0. The first-order valence-corrected chi connectivity index (χ1v) is 9.45. The van der Waals surface area contributed by atoms with E-state index in [0.717, 1.165) is 19.3 Å². The van der Waals surface area contributed by atoms with E-state index in [1.54, 1.807) is 18.2 Å². The molecular weight excluding hydrogens is 360 g/mol. The molecule has 0 saturated heterocycles. The largest absolute Gasteiger partial charge is 0.384 e. The number of nitrogens with two attached hydrogens (primary N) is 1. The average molecular weight is 390 g/mol. The standard InChI is InChI=1S/C20H30N4O4/c1-22-18(27)10-9-16(14-26)24(2)20(28)19-15(13-25)7-6-8-17(19)23-12-5-3-4-11-21/h6-8,13-14,16,23H,3-5,9-12,21H2,1-2H3,(H,22,27). The molecular formula is C20H30N4O4. The van der Waals surface area contributed by atoms with Crippen molar-refractivity contribution in [2.75, 3.05) is 32.5 Å². The number of hydrogen-bond acceptors (Lipinski definition) is 6. The lowest BCUT2D eigenvalue weighted by Crippen LogP contribution is -2.39. The summed E-state index contributed by atoms with van der Waals surface area (Å²) >= 11 is 0. The molecule has 0 aliphatic heterocycles. The number of benzene rings is 1. The Bertz CT molecular complexity index is 678. The van der Waals surface area contributed by atoms with Crippen LogP contribution >= 0.6 is 0 Å². The van der Waals surface area contributed by atoms with Crippen molar-refractivity contribution >= 4 is 30.1 Å². The van der Waals surface area contributed by atoms with E-state index in [9.17, 15) is 19.2 Å². The Kier molecular flexibility index (Phi) is 10.5. The molecule has 1 atom stereocenters. The summed E-state index contributed by atoms with van der Waals surface area (Å²) in [6, 6.07) is 4.23. The van der Waals surface area contributed by atoms with E-state index in [1.807, 2.05) is 0 Å². The van der Waals surface area contributed by atoms with Gasteiger partial charge in [0, 0.05) is 38.3 Å². The van der Waals surface area contributed by atoms with E-state index in [4.69, 9.17) is 5.73 Å². The van der Waals surface area contributed by atoms with Gasteiger partial charge in [0.05, 0.1) is 11.6 Å². The fraction of sp³-hybridized carbons (Fsp3) is 0.500. The van der Waals surface area contributed by atoms with E-state index in [0.29, 0.717) is 31.3 Å². The molecule has 1 unspecified atom stereocenters. The van der Waals surface area contributed by atoms with Crippen LogP contribution in [0.3, 0.4) is 0 Å². The van der Waals surface area contributed by atoms with Gasteiger partial charge in [0.15, 0.2) is 6.29 Å². The predicted octanol–water partition coefficient (Wildman–Crippen LogP) is 1.21. The summed E-state index contributed by atoms with van der Waals surface area (Å²) in [4.78, 5) is 48.7. The fourth-order valence-electron chi connectivity index (χ4n) is 2.81. The second-order valence-electron chi connectivity index (χ2n) is 6.50. The van der Waals surface area contributed by atoms with Crippen LogP contribution in [-0.2, 0) is 9.59 Å². The molecule has 2 amide bonds. The first-order chi connectivity index (χ1) is 13.5. The van der Waals surface area contributed by atoms with Crippen molar-refractivity contribution in [3.63, 3.8) is 0 Å². The monoisotopic (exact) mass is 390 g/mol. The van der Waals surface area contributed by atoms with Crippen molar-refractivity contribution in [2.45, 2.75) is 38.1 Å². The molecule has 1 aromatic carbocycles. The number of unbranched alkanes of at least 4 members (excludes halogenated alkanes) is 2. The molecule has 154 valence electrons. The second-order valence-corrected chi connectivity index (χ2v) is 6.50. The molecule has 0 heterocycles. The number of hydrogen-bond donors (Lipinski definition) is 3. The number of nitrogens with one attached hydrogen (secondary N) is 2. The van der Waals surface area contributed by atoms with Gasteiger partial charge in [-0.25, -0.2) is 0 Å². The smallest absolute Gasteiger partial charge is 0.257 e. The molecule has 0 aliphatic carbocycles. The summed E-state index contributed by atoms with van der Waals surface area (Å²) in [5.41, 5.74) is 6.51. The van der Waals surface area contributed by atoms with Crippen molar-refractivity contribution in [2.24, 2.45) is 5.73 Å². The van der Waals surface area contributed by atoms with Crippen LogP contribution in [0, 0.1) is 0 Å². The number of nitrogens with zero attached hydrogens (tertiary/aromatic N) is 1. The molecule has 1 aromatic rings. The zero-order valence-electron chi connectivity index (χ0n) is 16.6. The molecule has 1 rings (SSSR count). The molecule has 0 bridgehead atoms. The van der Waals surface area contributed by atoms with Gasteiger partial charge in [0.1, 0.15) is 6.29 Å². The van der Waals surface area contributed by atoms with Crippen LogP contribution in [0.25, 0.3) is 0 Å². The lowest BCUT2D eigenvalue weighted by Gasteiger charge is -2.25. The Labute approximate surface area is 165 Å². The number of carbonyl (C=O) groups excluding carboxylic acids is 4. The van der Waals surface area contributed by atoms with Crippen molar-refractivity contribution < 1.29 is 19.2 Å². The number of likely N-dealkylation sites (N-methyl/N-ethyl adjacent to an activating group) is 1. The summed E-state index contributed by atoms with van der Waals surface area (Å²) in [6.45, 7) is 1.28. The Hall–Kier alpha value is -2.74. The SMILES string of the molecule is CNC(=O)CCC(C=O)N(C)C(=O)c1c(C=O)cccc1NCCCCCN. The highest BCUT2D eigenvalue weighted by molar-refractivity contribution is 6.06. The van der Waals surface area contributed by atoms with E-state index in [-0.39, 0.29) is 29.9 Å². The van der Waals surface area contributed by atoms with E-state index in [1.165, 1.54) is 19.0 Å². The Morgan fingerprint density at radius 3 is 2.57 bits per heavy atom. The van der Waals surface area contributed by atoms with Gasteiger partial charge in [-0.05, 0) is 31.9 Å². The van der Waals surface area contributed by atoms with Gasteiger partial charge in [-0.15, -0.1) is 0 Å². The first kappa shape index (κ1) is 23.3. The highest BCUT2D eigenvalue weighted by Crippen LogP contribution is 2.22. The van der Waals surface area contributed by atoms with Gasteiger partial charge >= 0.3 is 0 Å². The Balaban J connectivity index is 2.97. The van der Waals surface area contributed by atoms with Crippen molar-refractivity contribution in [3.8, 4) is 0 Å². The maximum Gasteiger partial charge on any atom is 0.257 e. The van der Waals surface area contributed by atoms with Gasteiger partial charge < -0.3 is 26.1 Å². The third kappa shape index (κ3) is 6.77. The molecule has 0 aromatic heterocycles. The molecule has 0 fully saturated rings. The predicted molar refractivity (Wildman–Crippen MR) is 108 cm³/mol. The number of carbonyl (C=O) groups is 4. The van der Waals surface area contributed by atoms with Crippen LogP contribution in [0.15, 0.2) is 18.2 Å². The van der Waals surface area contributed by atoms with Crippen molar-refractivity contribution in [3.05, 3.63) is 29.3 Å². The number of amides is 2. The number of aldehydes is 2. The summed E-state index contributed by atoms with van der Waals surface area (Å²) in [7, 11) is 3.01. The van der Waals surface area contributed by atoms with Crippen molar-refractivity contribution in [1.82, 2.24) is 10.2 Å². The van der Waals surface area contributed by atoms with Crippen molar-refractivity contribution in [1.29, 1.82) is 0 Å². The van der Waals surface area contributed by atoms with Gasteiger partial charge in [0.2, 0.25) is 5.91 Å². The molecule has 4 N–H and O–H groups in total. The molecule has 0 saturated carbocycles. The van der Waals surface area contributed by atoms with Crippen LogP contribution in [0.2, 0.25) is 0 Å². The van der Waals surface area contributed by atoms with Gasteiger partial charge in [0.25, 0.3) is 5.91 Å². The maximum atomic E-state index is 13.0. The number of anilines is 1. The summed E-state index contributed by atoms with van der Waals surface area (Å²) in [5, 5.41) is 5.69. The van der Waals surface area contributed by atoms with Crippen LogP contribution in [0.1, 0.15) is 52.8 Å². The quantitative estimate of drug-likeness (QED) is 0.344. The topological polar surface area (TPSA) is 122 Å². The number of rotatable bonds is 13. The minimum Gasteiger partial charge on any atom is -0.384 e. The van der Waals surface area contributed by atoms with Crippen LogP contribution in [0.5, 0.6) is 0 Å². The zero-order chi connectivity index (χ0) is 20.9. The lowest BCUT2D eigenvalue weighted by atomic mass is 10.0. The Morgan fingerprint density at radius 1 is 1.21 bits per heavy atom. The third-order valence-electron chi connectivity index (χ3n) is 4.55. The van der Waals surface area contributed by atoms with E-state index in [2.05, 4.69) is 10.6 Å². The third-order valence-corrected chi connectivity index (χ3v) is 4.55. The summed E-state index contributed by atoms with van der Waals surface area (Å²) in [6.07, 6.45) is 4.37. The van der Waals surface area contributed by atoms with E-state index < -0.39 is 11.9 Å². The van der Waals surface area contributed by atoms with E-state index >= 15 is 0 Å². The fourth-order valence-corrected chi connectivity index (χ4v) is 2.81. The normalized spacial score (nSPS) is 11.4. The highest BCUT2D eigenvalue weighted by atomic mass is 16.2. The molecule has 0 spiro atoms. The summed E-state index contributed by atoms with van der Waals surface area (Å²) in [5.74, 6) is -0.651. The lowest BCUT2D eigenvalue weighted by molar-refractivity contribution is -0.121.